The van der Waals surface area contributed by atoms with E-state index in [1.54, 1.807) is 0 Å². The molecule has 1 N–H and O–H groups in total. The molecule has 1 fully saturated rings. The minimum atomic E-state index is 0.632. The van der Waals surface area contributed by atoms with E-state index >= 15 is 0 Å². The van der Waals surface area contributed by atoms with Crippen LogP contribution in [-0.2, 0) is 0 Å². The molecule has 0 saturated heterocycles. The van der Waals surface area contributed by atoms with Crippen LogP contribution in [0.25, 0.3) is 0 Å². The predicted octanol–water partition coefficient (Wildman–Crippen LogP) is 2.50. The van der Waals surface area contributed by atoms with Gasteiger partial charge in [-0.1, -0.05) is 30.3 Å². The number of benzene rings is 1. The van der Waals surface area contributed by atoms with E-state index in [0.717, 1.165) is 12.1 Å². The number of rotatable bonds is 3. The van der Waals surface area contributed by atoms with E-state index < -0.39 is 0 Å². The first kappa shape index (κ1) is 9.25. The lowest BCUT2D eigenvalue weighted by molar-refractivity contribution is 0.430. The molecular formula is C12H16N2. The molecule has 1 saturated carbocycles. The van der Waals surface area contributed by atoms with Crippen LogP contribution in [0.5, 0.6) is 0 Å². The standard InChI is InChI=1S/C12H16N2/c1-2-14(11-8-9-11)12(13)10-6-4-3-5-7-10/h3-7,11,13H,2,8-9H2,1H3. The highest BCUT2D eigenvalue weighted by Gasteiger charge is 2.29. The Kier molecular flexibility index (Phi) is 2.53. The SMILES string of the molecule is CCN(C(=N)c1ccccc1)C1CC1. The Morgan fingerprint density at radius 2 is 2.00 bits per heavy atom. The maximum absolute atomic E-state index is 8.08. The summed E-state index contributed by atoms with van der Waals surface area (Å²) in [6, 6.07) is 10.6. The Balaban J connectivity index is 2.14. The fourth-order valence-electron chi connectivity index (χ4n) is 1.75. The zero-order valence-electron chi connectivity index (χ0n) is 8.53. The summed E-state index contributed by atoms with van der Waals surface area (Å²) in [5.41, 5.74) is 1.03. The molecule has 1 aliphatic carbocycles. The second-order valence-corrected chi connectivity index (χ2v) is 3.73. The predicted molar refractivity (Wildman–Crippen MR) is 58.7 cm³/mol. The number of hydrogen-bond acceptors (Lipinski definition) is 1. The van der Waals surface area contributed by atoms with Crippen molar-refractivity contribution in [3.05, 3.63) is 35.9 Å². The average Bonchev–Trinajstić information content (AvgIpc) is 3.04. The van der Waals surface area contributed by atoms with E-state index in [2.05, 4.69) is 11.8 Å². The Morgan fingerprint density at radius 3 is 2.50 bits per heavy atom. The molecule has 0 amide bonds. The number of amidine groups is 1. The molecule has 2 nitrogen and oxygen atoms in total. The normalized spacial score (nSPS) is 15.2. The van der Waals surface area contributed by atoms with Crippen LogP contribution in [0.3, 0.4) is 0 Å². The molecule has 1 aromatic carbocycles. The molecule has 0 bridgehead atoms. The molecule has 0 spiro atoms. The number of hydrogen-bond donors (Lipinski definition) is 1. The minimum Gasteiger partial charge on any atom is -0.354 e. The molecule has 0 aliphatic heterocycles. The molecule has 2 heteroatoms. The second kappa shape index (κ2) is 3.82. The number of nitrogens with zero attached hydrogens (tertiary/aromatic N) is 1. The molecular weight excluding hydrogens is 172 g/mol. The van der Waals surface area contributed by atoms with Gasteiger partial charge in [0.1, 0.15) is 5.84 Å². The second-order valence-electron chi connectivity index (χ2n) is 3.73. The van der Waals surface area contributed by atoms with E-state index in [9.17, 15) is 0 Å². The minimum absolute atomic E-state index is 0.632. The van der Waals surface area contributed by atoms with Gasteiger partial charge in [0.25, 0.3) is 0 Å². The Hall–Kier alpha value is -1.31. The Bertz CT molecular complexity index is 314. The molecule has 0 heterocycles. The molecule has 0 unspecified atom stereocenters. The summed E-state index contributed by atoms with van der Waals surface area (Å²) in [4.78, 5) is 2.19. The smallest absolute Gasteiger partial charge is 0.128 e. The molecule has 14 heavy (non-hydrogen) atoms. The van der Waals surface area contributed by atoms with Crippen molar-refractivity contribution in [1.29, 1.82) is 5.41 Å². The third-order valence-corrected chi connectivity index (χ3v) is 2.66. The van der Waals surface area contributed by atoms with E-state index in [4.69, 9.17) is 5.41 Å². The van der Waals surface area contributed by atoms with Gasteiger partial charge < -0.3 is 4.90 Å². The third-order valence-electron chi connectivity index (χ3n) is 2.66. The maximum Gasteiger partial charge on any atom is 0.128 e. The van der Waals surface area contributed by atoms with Crippen molar-refractivity contribution in [2.45, 2.75) is 25.8 Å². The van der Waals surface area contributed by atoms with Crippen LogP contribution < -0.4 is 0 Å². The Morgan fingerprint density at radius 1 is 1.36 bits per heavy atom. The van der Waals surface area contributed by atoms with Gasteiger partial charge in [-0.2, -0.15) is 0 Å². The molecule has 1 aliphatic rings. The molecule has 0 radical (unpaired) electrons. The summed E-state index contributed by atoms with van der Waals surface area (Å²) in [7, 11) is 0. The number of nitrogens with one attached hydrogen (secondary N) is 1. The molecule has 0 aromatic heterocycles. The average molecular weight is 188 g/mol. The zero-order chi connectivity index (χ0) is 9.97. The lowest BCUT2D eigenvalue weighted by Gasteiger charge is -2.23. The molecule has 74 valence electrons. The fourth-order valence-corrected chi connectivity index (χ4v) is 1.75. The summed E-state index contributed by atoms with van der Waals surface area (Å²) in [6.45, 7) is 3.06. The van der Waals surface area contributed by atoms with Gasteiger partial charge in [0.15, 0.2) is 0 Å². The van der Waals surface area contributed by atoms with Crippen molar-refractivity contribution in [2.24, 2.45) is 0 Å². The monoisotopic (exact) mass is 188 g/mol. The molecule has 1 aromatic rings. The quantitative estimate of drug-likeness (QED) is 0.572. The first-order valence-corrected chi connectivity index (χ1v) is 5.23. The maximum atomic E-state index is 8.08. The summed E-state index contributed by atoms with van der Waals surface area (Å²) in [6.07, 6.45) is 2.51. The van der Waals surface area contributed by atoms with Crippen LogP contribution in [0.15, 0.2) is 30.3 Å². The van der Waals surface area contributed by atoms with Crippen molar-refractivity contribution >= 4 is 5.84 Å². The van der Waals surface area contributed by atoms with Gasteiger partial charge in [-0.15, -0.1) is 0 Å². The summed E-state index contributed by atoms with van der Waals surface area (Å²) in [5, 5.41) is 8.08. The van der Waals surface area contributed by atoms with Crippen molar-refractivity contribution in [3.63, 3.8) is 0 Å². The van der Waals surface area contributed by atoms with E-state index in [-0.39, 0.29) is 0 Å². The lowest BCUT2D eigenvalue weighted by Crippen LogP contribution is -2.32. The van der Waals surface area contributed by atoms with Crippen LogP contribution in [0.1, 0.15) is 25.3 Å². The summed E-state index contributed by atoms with van der Waals surface area (Å²) >= 11 is 0. The highest BCUT2D eigenvalue weighted by molar-refractivity contribution is 5.96. The lowest BCUT2D eigenvalue weighted by atomic mass is 10.2. The molecule has 0 atom stereocenters. The van der Waals surface area contributed by atoms with Crippen LogP contribution >= 0.6 is 0 Å². The van der Waals surface area contributed by atoms with Gasteiger partial charge in [0, 0.05) is 18.2 Å². The van der Waals surface area contributed by atoms with E-state index in [0.29, 0.717) is 11.9 Å². The van der Waals surface area contributed by atoms with E-state index in [1.807, 2.05) is 30.3 Å². The van der Waals surface area contributed by atoms with Gasteiger partial charge >= 0.3 is 0 Å². The van der Waals surface area contributed by atoms with Crippen LogP contribution in [0, 0.1) is 5.41 Å². The highest BCUT2D eigenvalue weighted by atomic mass is 15.2. The van der Waals surface area contributed by atoms with Crippen molar-refractivity contribution in [2.75, 3.05) is 6.54 Å². The topological polar surface area (TPSA) is 27.1 Å². The van der Waals surface area contributed by atoms with Crippen molar-refractivity contribution in [3.8, 4) is 0 Å². The zero-order valence-corrected chi connectivity index (χ0v) is 8.53. The van der Waals surface area contributed by atoms with Gasteiger partial charge in [-0.25, -0.2) is 0 Å². The van der Waals surface area contributed by atoms with Gasteiger partial charge in [-0.3, -0.25) is 5.41 Å². The highest BCUT2D eigenvalue weighted by Crippen LogP contribution is 2.27. The molecule has 2 rings (SSSR count). The summed E-state index contributed by atoms with van der Waals surface area (Å²) in [5.74, 6) is 0.676. The fraction of sp³-hybridized carbons (Fsp3) is 0.417. The first-order chi connectivity index (χ1) is 6.83. The van der Waals surface area contributed by atoms with Gasteiger partial charge in [0.2, 0.25) is 0 Å². The largest absolute Gasteiger partial charge is 0.354 e. The van der Waals surface area contributed by atoms with Gasteiger partial charge in [-0.05, 0) is 19.8 Å². The Labute approximate surface area is 85.1 Å². The van der Waals surface area contributed by atoms with Crippen LogP contribution in [-0.4, -0.2) is 23.3 Å². The summed E-state index contributed by atoms with van der Waals surface area (Å²) < 4.78 is 0. The van der Waals surface area contributed by atoms with Crippen molar-refractivity contribution < 1.29 is 0 Å². The van der Waals surface area contributed by atoms with E-state index in [1.165, 1.54) is 12.8 Å². The van der Waals surface area contributed by atoms with Crippen LogP contribution in [0.4, 0.5) is 0 Å². The van der Waals surface area contributed by atoms with Crippen molar-refractivity contribution in [1.82, 2.24) is 4.90 Å². The van der Waals surface area contributed by atoms with Crippen LogP contribution in [0.2, 0.25) is 0 Å². The first-order valence-electron chi connectivity index (χ1n) is 5.23. The third kappa shape index (κ3) is 1.79. The van der Waals surface area contributed by atoms with Gasteiger partial charge in [0.05, 0.1) is 0 Å².